The number of halogens is 1. The van der Waals surface area contributed by atoms with E-state index in [0.29, 0.717) is 28.5 Å². The van der Waals surface area contributed by atoms with Crippen LogP contribution in [-0.2, 0) is 6.61 Å². The highest BCUT2D eigenvalue weighted by Gasteiger charge is 2.06. The number of pyridine rings is 1. The smallest absolute Gasteiger partial charge is 0.161 e. The molecule has 0 aliphatic heterocycles. The fraction of sp³-hybridized carbons (Fsp3) is 0.214. The Morgan fingerprint density at radius 2 is 1.84 bits per heavy atom. The van der Waals surface area contributed by atoms with Gasteiger partial charge in [0.2, 0.25) is 0 Å². The minimum absolute atomic E-state index is 0.435. The highest BCUT2D eigenvalue weighted by molar-refractivity contribution is 9.10. The Balaban J connectivity index is 2.10. The molecule has 0 unspecified atom stereocenters. The van der Waals surface area contributed by atoms with Crippen molar-refractivity contribution < 1.29 is 14.2 Å². The molecule has 1 heterocycles. The quantitative estimate of drug-likeness (QED) is 0.790. The van der Waals surface area contributed by atoms with Crippen molar-refractivity contribution in [2.24, 2.45) is 0 Å². The molecule has 4 nitrogen and oxygen atoms in total. The van der Waals surface area contributed by atoms with E-state index in [1.54, 1.807) is 20.4 Å². The van der Waals surface area contributed by atoms with E-state index in [-0.39, 0.29) is 0 Å². The van der Waals surface area contributed by atoms with Gasteiger partial charge in [-0.15, -0.1) is 0 Å². The number of methoxy groups -OCH3 is 2. The minimum Gasteiger partial charge on any atom is -0.493 e. The average molecular weight is 324 g/mol. The van der Waals surface area contributed by atoms with E-state index in [4.69, 9.17) is 14.2 Å². The van der Waals surface area contributed by atoms with E-state index in [2.05, 4.69) is 20.9 Å². The Bertz CT molecular complexity index is 560. The van der Waals surface area contributed by atoms with Gasteiger partial charge in [-0.2, -0.15) is 0 Å². The van der Waals surface area contributed by atoms with Crippen LogP contribution >= 0.6 is 15.9 Å². The molecular formula is C14H14BrNO3. The Hall–Kier alpha value is -1.75. The van der Waals surface area contributed by atoms with E-state index in [0.717, 1.165) is 5.56 Å². The third-order valence-electron chi connectivity index (χ3n) is 2.57. The van der Waals surface area contributed by atoms with Gasteiger partial charge >= 0.3 is 0 Å². The Labute approximate surface area is 120 Å². The molecule has 0 radical (unpaired) electrons. The molecule has 0 aliphatic carbocycles. The molecule has 19 heavy (non-hydrogen) atoms. The van der Waals surface area contributed by atoms with Crippen molar-refractivity contribution in [1.29, 1.82) is 0 Å². The lowest BCUT2D eigenvalue weighted by Crippen LogP contribution is -1.98. The number of hydrogen-bond acceptors (Lipinski definition) is 4. The van der Waals surface area contributed by atoms with E-state index < -0.39 is 0 Å². The predicted octanol–water partition coefficient (Wildman–Crippen LogP) is 3.44. The first-order valence-corrected chi connectivity index (χ1v) is 6.48. The van der Waals surface area contributed by atoms with Gasteiger partial charge in [0.1, 0.15) is 11.2 Å². The third kappa shape index (κ3) is 3.38. The van der Waals surface area contributed by atoms with Crippen molar-refractivity contribution in [3.8, 4) is 17.2 Å². The van der Waals surface area contributed by atoms with Crippen LogP contribution in [0.25, 0.3) is 0 Å². The highest BCUT2D eigenvalue weighted by atomic mass is 79.9. The van der Waals surface area contributed by atoms with Gasteiger partial charge in [0.15, 0.2) is 17.2 Å². The molecular weight excluding hydrogens is 310 g/mol. The summed E-state index contributed by atoms with van der Waals surface area (Å²) >= 11 is 3.34. The van der Waals surface area contributed by atoms with E-state index in [1.165, 1.54) is 0 Å². The molecule has 1 aromatic carbocycles. The number of hydrogen-bond donors (Lipinski definition) is 0. The molecule has 0 N–H and O–H groups in total. The summed E-state index contributed by atoms with van der Waals surface area (Å²) in [7, 11) is 3.22. The number of aromatic nitrogens is 1. The number of benzene rings is 1. The molecule has 2 aromatic rings. The molecule has 5 heteroatoms. The fourth-order valence-corrected chi connectivity index (χ4v) is 1.98. The third-order valence-corrected chi connectivity index (χ3v) is 3.16. The summed E-state index contributed by atoms with van der Waals surface area (Å²) in [4.78, 5) is 4.10. The van der Waals surface area contributed by atoms with Crippen LogP contribution in [0.5, 0.6) is 17.2 Å². The van der Waals surface area contributed by atoms with Gasteiger partial charge in [0.05, 0.1) is 14.2 Å². The summed E-state index contributed by atoms with van der Waals surface area (Å²) in [5.74, 6) is 2.10. The Morgan fingerprint density at radius 3 is 2.53 bits per heavy atom. The molecule has 0 spiro atoms. The zero-order valence-electron chi connectivity index (χ0n) is 10.7. The van der Waals surface area contributed by atoms with Crippen LogP contribution in [0.3, 0.4) is 0 Å². The van der Waals surface area contributed by atoms with Crippen LogP contribution in [-0.4, -0.2) is 19.2 Å². The monoisotopic (exact) mass is 323 g/mol. The first-order valence-electron chi connectivity index (χ1n) is 5.69. The van der Waals surface area contributed by atoms with Gasteiger partial charge in [0.25, 0.3) is 0 Å². The van der Waals surface area contributed by atoms with Crippen LogP contribution in [0.4, 0.5) is 0 Å². The molecule has 0 aliphatic rings. The summed E-state index contributed by atoms with van der Waals surface area (Å²) in [6, 6.07) is 9.37. The topological polar surface area (TPSA) is 40.6 Å². The molecule has 0 bridgehead atoms. The largest absolute Gasteiger partial charge is 0.493 e. The van der Waals surface area contributed by atoms with Gasteiger partial charge in [-0.05, 0) is 45.8 Å². The van der Waals surface area contributed by atoms with Gasteiger partial charge in [0, 0.05) is 6.20 Å². The second kappa shape index (κ2) is 6.43. The minimum atomic E-state index is 0.435. The zero-order valence-corrected chi connectivity index (χ0v) is 12.3. The second-order valence-corrected chi connectivity index (χ2v) is 4.52. The average Bonchev–Trinajstić information content (AvgIpc) is 2.46. The maximum Gasteiger partial charge on any atom is 0.161 e. The summed E-state index contributed by atoms with van der Waals surface area (Å²) < 4.78 is 16.8. The number of ether oxygens (including phenoxy) is 3. The lowest BCUT2D eigenvalue weighted by Gasteiger charge is -2.11. The molecule has 0 fully saturated rings. The van der Waals surface area contributed by atoms with Gasteiger partial charge < -0.3 is 14.2 Å². The first kappa shape index (κ1) is 13.7. The summed E-state index contributed by atoms with van der Waals surface area (Å²) in [5.41, 5.74) is 0.994. The standard InChI is InChI=1S/C14H14BrNO3/c1-17-11-6-5-10(8-13(11)18-2)9-19-12-4-3-7-16-14(12)15/h3-8H,9H2,1-2H3. The Kier molecular flexibility index (Phi) is 4.63. The van der Waals surface area contributed by atoms with Crippen LogP contribution in [0.2, 0.25) is 0 Å². The molecule has 1 aromatic heterocycles. The van der Waals surface area contributed by atoms with Crippen molar-refractivity contribution in [1.82, 2.24) is 4.98 Å². The van der Waals surface area contributed by atoms with Crippen LogP contribution in [0.15, 0.2) is 41.1 Å². The lowest BCUT2D eigenvalue weighted by atomic mass is 10.2. The van der Waals surface area contributed by atoms with E-state index in [9.17, 15) is 0 Å². The van der Waals surface area contributed by atoms with Gasteiger partial charge in [-0.1, -0.05) is 6.07 Å². The van der Waals surface area contributed by atoms with Gasteiger partial charge in [-0.3, -0.25) is 0 Å². The van der Waals surface area contributed by atoms with Crippen molar-refractivity contribution in [2.75, 3.05) is 14.2 Å². The number of nitrogens with zero attached hydrogens (tertiary/aromatic N) is 1. The number of rotatable bonds is 5. The van der Waals surface area contributed by atoms with Crippen LogP contribution in [0, 0.1) is 0 Å². The summed E-state index contributed by atoms with van der Waals surface area (Å²) in [6.07, 6.45) is 1.70. The maximum absolute atomic E-state index is 5.69. The highest BCUT2D eigenvalue weighted by Crippen LogP contribution is 2.28. The molecule has 0 atom stereocenters. The summed E-state index contributed by atoms with van der Waals surface area (Å²) in [6.45, 7) is 0.435. The molecule has 0 amide bonds. The van der Waals surface area contributed by atoms with E-state index >= 15 is 0 Å². The normalized spacial score (nSPS) is 10.1. The van der Waals surface area contributed by atoms with Gasteiger partial charge in [-0.25, -0.2) is 4.98 Å². The predicted molar refractivity (Wildman–Crippen MR) is 75.8 cm³/mol. The first-order chi connectivity index (χ1) is 9.24. The van der Waals surface area contributed by atoms with Crippen LogP contribution in [0.1, 0.15) is 5.56 Å². The fourth-order valence-electron chi connectivity index (χ4n) is 1.61. The zero-order chi connectivity index (χ0) is 13.7. The summed E-state index contributed by atoms with van der Waals surface area (Å²) in [5, 5.41) is 0. The van der Waals surface area contributed by atoms with E-state index in [1.807, 2.05) is 30.3 Å². The van der Waals surface area contributed by atoms with Crippen molar-refractivity contribution >= 4 is 15.9 Å². The van der Waals surface area contributed by atoms with Crippen molar-refractivity contribution in [3.05, 3.63) is 46.7 Å². The van der Waals surface area contributed by atoms with Crippen molar-refractivity contribution in [3.63, 3.8) is 0 Å². The molecule has 0 saturated heterocycles. The van der Waals surface area contributed by atoms with Crippen molar-refractivity contribution in [2.45, 2.75) is 6.61 Å². The molecule has 0 saturated carbocycles. The maximum atomic E-state index is 5.69. The second-order valence-electron chi connectivity index (χ2n) is 3.77. The molecule has 100 valence electrons. The molecule has 2 rings (SSSR count). The van der Waals surface area contributed by atoms with Crippen LogP contribution < -0.4 is 14.2 Å². The Morgan fingerprint density at radius 1 is 1.05 bits per heavy atom. The lowest BCUT2D eigenvalue weighted by molar-refractivity contribution is 0.300. The SMILES string of the molecule is COc1ccc(COc2cccnc2Br)cc1OC.